The zero-order chi connectivity index (χ0) is 17.3. The Morgan fingerprint density at radius 2 is 2.08 bits per heavy atom. The van der Waals surface area contributed by atoms with Gasteiger partial charge in [-0.25, -0.2) is 14.8 Å². The van der Waals surface area contributed by atoms with E-state index in [1.54, 1.807) is 26.5 Å². The Balaban J connectivity index is 2.04. The molecular formula is C16H16BrN3O4. The number of rotatable bonds is 4. The van der Waals surface area contributed by atoms with E-state index >= 15 is 0 Å². The third kappa shape index (κ3) is 3.01. The molecule has 1 aromatic carbocycles. The number of benzene rings is 1. The number of methoxy groups -OCH3 is 2. The number of ether oxygens (including phenoxy) is 2. The normalized spacial score (nSPS) is 22.4. The summed E-state index contributed by atoms with van der Waals surface area (Å²) < 4.78 is 11.4. The Morgan fingerprint density at radius 3 is 2.75 bits per heavy atom. The molecule has 0 aliphatic carbocycles. The lowest BCUT2D eigenvalue weighted by molar-refractivity contribution is -0.139. The van der Waals surface area contributed by atoms with Gasteiger partial charge in [0.1, 0.15) is 0 Å². The zero-order valence-corrected chi connectivity index (χ0v) is 14.7. The number of carboxylic acid groups (broad SMARTS) is 1. The van der Waals surface area contributed by atoms with E-state index in [2.05, 4.69) is 25.9 Å². The Hall–Kier alpha value is -2.35. The van der Waals surface area contributed by atoms with Crippen LogP contribution < -0.4 is 9.47 Å². The maximum atomic E-state index is 11.4. The highest BCUT2D eigenvalue weighted by molar-refractivity contribution is 9.12. The van der Waals surface area contributed by atoms with E-state index < -0.39 is 12.0 Å². The smallest absolute Gasteiger partial charge is 0.328 e. The summed E-state index contributed by atoms with van der Waals surface area (Å²) in [6.45, 7) is 0. The van der Waals surface area contributed by atoms with Crippen molar-refractivity contribution in [2.45, 2.75) is 18.5 Å². The summed E-state index contributed by atoms with van der Waals surface area (Å²) in [6, 6.07) is 4.50. The standard InChI is InChI=1S/C16H16BrN3O4/c1-23-13-4-3-9(5-14(13)24-2)12-6-11(15(21)22)19-16-18-7-10(17)8-20(12)16/h3-5,7-8,11-12H,6H2,1-2H3,(H,21,22). The molecule has 8 heteroatoms. The lowest BCUT2D eigenvalue weighted by Crippen LogP contribution is -2.40. The molecule has 2 unspecified atom stereocenters. The van der Waals surface area contributed by atoms with Crippen molar-refractivity contribution >= 4 is 34.1 Å². The van der Waals surface area contributed by atoms with Crippen LogP contribution in [-0.4, -0.2) is 48.4 Å². The van der Waals surface area contributed by atoms with Gasteiger partial charge >= 0.3 is 5.97 Å². The van der Waals surface area contributed by atoms with Crippen LogP contribution in [0.4, 0.5) is 0 Å². The van der Waals surface area contributed by atoms with Crippen molar-refractivity contribution in [3.8, 4) is 11.5 Å². The minimum absolute atomic E-state index is 0.219. The fraction of sp³-hybridized carbons (Fsp3) is 0.312. The molecule has 2 heterocycles. The summed E-state index contributed by atoms with van der Waals surface area (Å²) in [5, 5.41) is 9.38. The molecule has 7 nitrogen and oxygen atoms in total. The SMILES string of the molecule is COc1ccc(C2CC(C(=O)O)N=C3N=CC(Br)=CN32)cc1OC. The van der Waals surface area contributed by atoms with Gasteiger partial charge < -0.3 is 19.5 Å². The molecule has 1 N–H and O–H groups in total. The van der Waals surface area contributed by atoms with Crippen molar-refractivity contribution in [1.82, 2.24) is 4.90 Å². The maximum Gasteiger partial charge on any atom is 0.328 e. The molecule has 0 radical (unpaired) electrons. The molecule has 0 fully saturated rings. The predicted octanol–water partition coefficient (Wildman–Crippen LogP) is 2.58. The van der Waals surface area contributed by atoms with Crippen LogP contribution in [0.15, 0.2) is 38.9 Å². The Bertz CT molecular complexity index is 760. The summed E-state index contributed by atoms with van der Waals surface area (Å²) in [5.74, 6) is 0.636. The van der Waals surface area contributed by atoms with E-state index in [0.29, 0.717) is 23.9 Å². The van der Waals surface area contributed by atoms with E-state index in [1.165, 1.54) is 0 Å². The van der Waals surface area contributed by atoms with E-state index in [-0.39, 0.29) is 6.04 Å². The number of hydrogen-bond acceptors (Lipinski definition) is 6. The van der Waals surface area contributed by atoms with Gasteiger partial charge in [-0.2, -0.15) is 0 Å². The van der Waals surface area contributed by atoms with Gasteiger partial charge in [0.2, 0.25) is 5.96 Å². The number of hydrogen-bond donors (Lipinski definition) is 1. The average Bonchev–Trinajstić information content (AvgIpc) is 2.60. The van der Waals surface area contributed by atoms with Gasteiger partial charge in [0.25, 0.3) is 0 Å². The number of allylic oxidation sites excluding steroid dienone is 1. The summed E-state index contributed by atoms with van der Waals surface area (Å²) >= 11 is 3.40. The average molecular weight is 394 g/mol. The highest BCUT2D eigenvalue weighted by Crippen LogP contribution is 2.37. The molecule has 0 amide bonds. The van der Waals surface area contributed by atoms with Gasteiger partial charge in [0.15, 0.2) is 17.5 Å². The molecule has 24 heavy (non-hydrogen) atoms. The number of guanidine groups is 1. The first-order valence-electron chi connectivity index (χ1n) is 7.25. The largest absolute Gasteiger partial charge is 0.493 e. The summed E-state index contributed by atoms with van der Waals surface area (Å²) in [6.07, 6.45) is 3.79. The van der Waals surface area contributed by atoms with Crippen LogP contribution >= 0.6 is 15.9 Å². The number of nitrogens with zero attached hydrogens (tertiary/aromatic N) is 3. The second kappa shape index (κ2) is 6.64. The monoisotopic (exact) mass is 393 g/mol. The molecule has 126 valence electrons. The van der Waals surface area contributed by atoms with Crippen molar-refractivity contribution < 1.29 is 19.4 Å². The van der Waals surface area contributed by atoms with Gasteiger partial charge in [0, 0.05) is 18.8 Å². The van der Waals surface area contributed by atoms with Gasteiger partial charge in [0.05, 0.1) is 24.7 Å². The molecule has 0 bridgehead atoms. The Morgan fingerprint density at radius 1 is 1.33 bits per heavy atom. The van der Waals surface area contributed by atoms with Crippen molar-refractivity contribution in [3.63, 3.8) is 0 Å². The number of carboxylic acids is 1. The van der Waals surface area contributed by atoms with Crippen molar-refractivity contribution in [2.75, 3.05) is 14.2 Å². The van der Waals surface area contributed by atoms with E-state index in [1.807, 2.05) is 23.2 Å². The molecule has 3 rings (SSSR count). The number of halogens is 1. The number of aliphatic carboxylic acids is 1. The Labute approximate surface area is 147 Å². The number of fused-ring (bicyclic) bond motifs is 1. The fourth-order valence-corrected chi connectivity index (χ4v) is 3.09. The highest BCUT2D eigenvalue weighted by atomic mass is 79.9. The summed E-state index contributed by atoms with van der Waals surface area (Å²) in [7, 11) is 3.14. The zero-order valence-electron chi connectivity index (χ0n) is 13.1. The topological polar surface area (TPSA) is 83.7 Å². The molecule has 0 spiro atoms. The third-order valence-electron chi connectivity index (χ3n) is 3.93. The van der Waals surface area contributed by atoms with Crippen molar-refractivity contribution in [1.29, 1.82) is 0 Å². The Kier molecular flexibility index (Phi) is 4.57. The quantitative estimate of drug-likeness (QED) is 0.849. The number of carbonyl (C=O) groups is 1. The summed E-state index contributed by atoms with van der Waals surface area (Å²) in [5.41, 5.74) is 0.903. The first kappa shape index (κ1) is 16.5. The first-order valence-corrected chi connectivity index (χ1v) is 8.05. The molecular weight excluding hydrogens is 378 g/mol. The van der Waals surface area contributed by atoms with Crippen LogP contribution in [0, 0.1) is 0 Å². The van der Waals surface area contributed by atoms with E-state index in [4.69, 9.17) is 9.47 Å². The van der Waals surface area contributed by atoms with Gasteiger partial charge in [-0.1, -0.05) is 6.07 Å². The minimum atomic E-state index is -0.962. The highest BCUT2D eigenvalue weighted by Gasteiger charge is 2.35. The lowest BCUT2D eigenvalue weighted by Gasteiger charge is -2.36. The van der Waals surface area contributed by atoms with E-state index in [0.717, 1.165) is 10.0 Å². The molecule has 2 aliphatic rings. The number of aliphatic imine (C=N–C) groups is 2. The second-order valence-corrected chi connectivity index (χ2v) is 6.24. The predicted molar refractivity (Wildman–Crippen MR) is 93.1 cm³/mol. The van der Waals surface area contributed by atoms with Gasteiger partial charge in [-0.3, -0.25) is 0 Å². The van der Waals surface area contributed by atoms with Crippen LogP contribution in [0.5, 0.6) is 11.5 Å². The van der Waals surface area contributed by atoms with Gasteiger partial charge in [-0.05, 0) is 33.6 Å². The summed E-state index contributed by atoms with van der Waals surface area (Å²) in [4.78, 5) is 21.8. The van der Waals surface area contributed by atoms with Crippen molar-refractivity contribution in [2.24, 2.45) is 9.98 Å². The van der Waals surface area contributed by atoms with Crippen molar-refractivity contribution in [3.05, 3.63) is 34.4 Å². The van der Waals surface area contributed by atoms with Crippen LogP contribution in [0.2, 0.25) is 0 Å². The maximum absolute atomic E-state index is 11.4. The third-order valence-corrected chi connectivity index (χ3v) is 4.34. The fourth-order valence-electron chi connectivity index (χ4n) is 2.77. The van der Waals surface area contributed by atoms with Gasteiger partial charge in [-0.15, -0.1) is 0 Å². The minimum Gasteiger partial charge on any atom is -0.493 e. The molecule has 0 saturated heterocycles. The molecule has 2 atom stereocenters. The van der Waals surface area contributed by atoms with Crippen LogP contribution in [0.25, 0.3) is 0 Å². The molecule has 2 aliphatic heterocycles. The van der Waals surface area contributed by atoms with Crippen LogP contribution in [0.1, 0.15) is 18.0 Å². The van der Waals surface area contributed by atoms with E-state index in [9.17, 15) is 9.90 Å². The lowest BCUT2D eigenvalue weighted by atomic mass is 9.96. The second-order valence-electron chi connectivity index (χ2n) is 5.33. The molecule has 0 aromatic heterocycles. The molecule has 1 aromatic rings. The first-order chi connectivity index (χ1) is 11.5. The molecule has 0 saturated carbocycles. The van der Waals surface area contributed by atoms with Crippen LogP contribution in [-0.2, 0) is 4.79 Å². The van der Waals surface area contributed by atoms with Crippen LogP contribution in [0.3, 0.4) is 0 Å².